The number of thiol groups is 2. The average Bonchev–Trinajstić information content (AvgIpc) is 1.87. The van der Waals surface area contributed by atoms with Crippen molar-refractivity contribution in [3.8, 4) is 0 Å². The van der Waals surface area contributed by atoms with E-state index in [-0.39, 0.29) is 5.97 Å². The summed E-state index contributed by atoms with van der Waals surface area (Å²) in [5.41, 5.74) is 0.438. The lowest BCUT2D eigenvalue weighted by Gasteiger charge is -2.00. The third kappa shape index (κ3) is 3.17. The standard InChI is InChI=1S/C6H10O2S2/c1-3-8-5(7)4(2)6(9)10/h9-10H,3H2,1-2H3. The Morgan fingerprint density at radius 2 is 2.00 bits per heavy atom. The molecule has 0 spiro atoms. The van der Waals surface area contributed by atoms with Crippen LogP contribution in [-0.4, -0.2) is 12.6 Å². The maximum Gasteiger partial charge on any atom is 0.335 e. The van der Waals surface area contributed by atoms with Crippen molar-refractivity contribution in [2.24, 2.45) is 0 Å². The van der Waals surface area contributed by atoms with Gasteiger partial charge in [-0.15, -0.1) is 25.3 Å². The lowest BCUT2D eigenvalue weighted by molar-refractivity contribution is -0.138. The molecule has 0 bridgehead atoms. The van der Waals surface area contributed by atoms with E-state index in [2.05, 4.69) is 30.0 Å². The Morgan fingerprint density at radius 3 is 2.30 bits per heavy atom. The Morgan fingerprint density at radius 1 is 1.50 bits per heavy atom. The van der Waals surface area contributed by atoms with E-state index in [1.165, 1.54) is 0 Å². The Bertz CT molecular complexity index is 159. The van der Waals surface area contributed by atoms with Gasteiger partial charge in [0.1, 0.15) is 0 Å². The predicted molar refractivity (Wildman–Crippen MR) is 47.3 cm³/mol. The molecule has 0 aromatic carbocycles. The minimum absolute atomic E-state index is 0.359. The van der Waals surface area contributed by atoms with E-state index in [1.807, 2.05) is 0 Å². The quantitative estimate of drug-likeness (QED) is 0.382. The molecule has 0 saturated carbocycles. The van der Waals surface area contributed by atoms with Crippen LogP contribution in [0.3, 0.4) is 0 Å². The molecule has 0 rings (SSSR count). The van der Waals surface area contributed by atoms with Crippen molar-refractivity contribution in [1.82, 2.24) is 0 Å². The van der Waals surface area contributed by atoms with Crippen LogP contribution in [-0.2, 0) is 9.53 Å². The van der Waals surface area contributed by atoms with Gasteiger partial charge >= 0.3 is 5.97 Å². The second kappa shape index (κ2) is 4.68. The molecular formula is C6H10O2S2. The molecule has 0 amide bonds. The van der Waals surface area contributed by atoms with E-state index in [1.54, 1.807) is 13.8 Å². The lowest BCUT2D eigenvalue weighted by atomic mass is 10.4. The summed E-state index contributed by atoms with van der Waals surface area (Å²) in [6, 6.07) is 0. The molecular weight excluding hydrogens is 168 g/mol. The Kier molecular flexibility index (Phi) is 4.64. The highest BCUT2D eigenvalue weighted by molar-refractivity contribution is 8.05. The summed E-state index contributed by atoms with van der Waals surface area (Å²) in [6.45, 7) is 3.75. The van der Waals surface area contributed by atoms with Crippen LogP contribution in [0.1, 0.15) is 13.8 Å². The number of carbonyl (C=O) groups is 1. The van der Waals surface area contributed by atoms with Gasteiger partial charge in [0, 0.05) is 4.24 Å². The molecule has 0 radical (unpaired) electrons. The van der Waals surface area contributed by atoms with Gasteiger partial charge in [-0.2, -0.15) is 0 Å². The number of hydrogen-bond acceptors (Lipinski definition) is 4. The second-order valence-corrected chi connectivity index (χ2v) is 2.92. The molecule has 0 atom stereocenters. The van der Waals surface area contributed by atoms with Crippen molar-refractivity contribution in [2.75, 3.05) is 6.61 Å². The van der Waals surface area contributed by atoms with Gasteiger partial charge in [0.05, 0.1) is 12.2 Å². The van der Waals surface area contributed by atoms with E-state index < -0.39 is 0 Å². The average molecular weight is 178 g/mol. The van der Waals surface area contributed by atoms with Gasteiger partial charge in [-0.25, -0.2) is 4.79 Å². The Hall–Kier alpha value is -0.0900. The largest absolute Gasteiger partial charge is 0.463 e. The van der Waals surface area contributed by atoms with Crippen molar-refractivity contribution < 1.29 is 9.53 Å². The number of esters is 1. The van der Waals surface area contributed by atoms with Gasteiger partial charge in [0.25, 0.3) is 0 Å². The summed E-state index contributed by atoms with van der Waals surface area (Å²) < 4.78 is 5.07. The fourth-order valence-electron chi connectivity index (χ4n) is 0.331. The third-order valence-electron chi connectivity index (χ3n) is 0.917. The predicted octanol–water partition coefficient (Wildman–Crippen LogP) is 1.64. The van der Waals surface area contributed by atoms with E-state index in [4.69, 9.17) is 0 Å². The number of carbonyl (C=O) groups excluding carboxylic acids is 1. The summed E-state index contributed by atoms with van der Waals surface area (Å²) in [5, 5.41) is 0. The zero-order chi connectivity index (χ0) is 8.15. The molecule has 2 nitrogen and oxygen atoms in total. The van der Waals surface area contributed by atoms with Gasteiger partial charge in [-0.05, 0) is 13.8 Å². The summed E-state index contributed by atoms with van der Waals surface area (Å²) in [5.74, 6) is -0.359. The minimum Gasteiger partial charge on any atom is -0.463 e. The SMILES string of the molecule is CCOC(=O)C(C)=C(S)S. The first-order valence-corrected chi connectivity index (χ1v) is 3.75. The van der Waals surface area contributed by atoms with Crippen LogP contribution in [0.25, 0.3) is 0 Å². The molecule has 0 saturated heterocycles. The molecule has 0 aliphatic carbocycles. The molecule has 0 aliphatic rings. The molecule has 0 aliphatic heterocycles. The molecule has 0 fully saturated rings. The van der Waals surface area contributed by atoms with E-state index in [0.29, 0.717) is 16.4 Å². The van der Waals surface area contributed by atoms with Crippen LogP contribution >= 0.6 is 25.3 Å². The molecule has 58 valence electrons. The second-order valence-electron chi connectivity index (χ2n) is 1.67. The summed E-state index contributed by atoms with van der Waals surface area (Å²) in [6.07, 6.45) is 0. The highest BCUT2D eigenvalue weighted by Crippen LogP contribution is 2.13. The van der Waals surface area contributed by atoms with Gasteiger partial charge < -0.3 is 4.74 Å². The number of rotatable bonds is 2. The van der Waals surface area contributed by atoms with Crippen molar-refractivity contribution in [3.05, 3.63) is 9.81 Å². The van der Waals surface area contributed by atoms with E-state index in [0.717, 1.165) is 0 Å². The summed E-state index contributed by atoms with van der Waals surface area (Å²) >= 11 is 7.74. The fraction of sp³-hybridized carbons (Fsp3) is 0.500. The first kappa shape index (κ1) is 9.91. The molecule has 10 heavy (non-hydrogen) atoms. The third-order valence-corrected chi connectivity index (χ3v) is 1.59. The van der Waals surface area contributed by atoms with Crippen LogP contribution in [0.2, 0.25) is 0 Å². The molecule has 0 unspecified atom stereocenters. The first-order valence-electron chi connectivity index (χ1n) is 2.85. The first-order chi connectivity index (χ1) is 4.59. The molecule has 0 aromatic heterocycles. The number of ether oxygens (including phenoxy) is 1. The maximum atomic E-state index is 10.8. The Balaban J connectivity index is 4.09. The smallest absolute Gasteiger partial charge is 0.335 e. The van der Waals surface area contributed by atoms with Gasteiger partial charge in [0.15, 0.2) is 0 Å². The molecule has 0 aromatic rings. The number of hydrogen-bond donors (Lipinski definition) is 2. The zero-order valence-corrected chi connectivity index (χ0v) is 7.71. The molecule has 4 heteroatoms. The summed E-state index contributed by atoms with van der Waals surface area (Å²) in [4.78, 5) is 10.8. The van der Waals surface area contributed by atoms with E-state index >= 15 is 0 Å². The van der Waals surface area contributed by atoms with Crippen molar-refractivity contribution >= 4 is 31.2 Å². The minimum atomic E-state index is -0.359. The van der Waals surface area contributed by atoms with Gasteiger partial charge in [-0.3, -0.25) is 0 Å². The van der Waals surface area contributed by atoms with Gasteiger partial charge in [0.2, 0.25) is 0 Å². The van der Waals surface area contributed by atoms with Crippen molar-refractivity contribution in [2.45, 2.75) is 13.8 Å². The van der Waals surface area contributed by atoms with E-state index in [9.17, 15) is 4.79 Å². The van der Waals surface area contributed by atoms with Crippen molar-refractivity contribution in [3.63, 3.8) is 0 Å². The van der Waals surface area contributed by atoms with Crippen LogP contribution in [0, 0.1) is 0 Å². The molecule has 0 N–H and O–H groups in total. The van der Waals surface area contributed by atoms with Crippen LogP contribution in [0.15, 0.2) is 9.81 Å². The van der Waals surface area contributed by atoms with Gasteiger partial charge in [-0.1, -0.05) is 0 Å². The van der Waals surface area contributed by atoms with Crippen molar-refractivity contribution in [1.29, 1.82) is 0 Å². The van der Waals surface area contributed by atoms with Crippen LogP contribution < -0.4 is 0 Å². The summed E-state index contributed by atoms with van der Waals surface area (Å²) in [7, 11) is 0. The zero-order valence-electron chi connectivity index (χ0n) is 5.92. The van der Waals surface area contributed by atoms with Crippen LogP contribution in [0.5, 0.6) is 0 Å². The normalized spacial score (nSPS) is 8.80. The Labute approximate surface area is 71.5 Å². The highest BCUT2D eigenvalue weighted by atomic mass is 32.2. The maximum absolute atomic E-state index is 10.8. The monoisotopic (exact) mass is 178 g/mol. The molecule has 0 heterocycles. The highest BCUT2D eigenvalue weighted by Gasteiger charge is 2.05. The van der Waals surface area contributed by atoms with Crippen LogP contribution in [0.4, 0.5) is 0 Å². The topological polar surface area (TPSA) is 26.3 Å². The lowest BCUT2D eigenvalue weighted by Crippen LogP contribution is -2.05. The fourth-order valence-corrected chi connectivity index (χ4v) is 0.513.